The SMILES string of the molecule is O=C1S/C(=C\c2cn(Cc3c(Cl)cccc3Cl)c3ccccc23)C(=O)N1CCOc1ccc(Cl)cc1. The van der Waals surface area contributed by atoms with Gasteiger partial charge < -0.3 is 9.30 Å². The van der Waals surface area contributed by atoms with Gasteiger partial charge in [-0.15, -0.1) is 0 Å². The summed E-state index contributed by atoms with van der Waals surface area (Å²) in [5.41, 5.74) is 2.61. The van der Waals surface area contributed by atoms with E-state index in [1.807, 2.05) is 53.2 Å². The van der Waals surface area contributed by atoms with Crippen LogP contribution in [0, 0.1) is 0 Å². The summed E-state index contributed by atoms with van der Waals surface area (Å²) < 4.78 is 7.69. The highest BCUT2D eigenvalue weighted by Crippen LogP contribution is 2.35. The van der Waals surface area contributed by atoms with E-state index >= 15 is 0 Å². The summed E-state index contributed by atoms with van der Waals surface area (Å²) in [7, 11) is 0. The molecular weight excluding hydrogens is 539 g/mol. The van der Waals surface area contributed by atoms with Crippen molar-refractivity contribution >= 4 is 74.7 Å². The standard InChI is InChI=1S/C27H19Cl3N2O3S/c28-18-8-10-19(11-9-18)35-13-12-32-26(33)25(36-27(32)34)14-17-15-31(24-7-2-1-4-20(17)24)16-21-22(29)5-3-6-23(21)30/h1-11,14-15H,12-13,16H2/b25-14-. The minimum Gasteiger partial charge on any atom is -0.492 e. The van der Waals surface area contributed by atoms with Crippen molar-refractivity contribution in [1.29, 1.82) is 0 Å². The van der Waals surface area contributed by atoms with E-state index in [2.05, 4.69) is 0 Å². The molecule has 36 heavy (non-hydrogen) atoms. The molecule has 0 N–H and O–H groups in total. The highest BCUT2D eigenvalue weighted by molar-refractivity contribution is 8.18. The third kappa shape index (κ3) is 5.13. The monoisotopic (exact) mass is 556 g/mol. The molecule has 1 aromatic heterocycles. The summed E-state index contributed by atoms with van der Waals surface area (Å²) in [6.07, 6.45) is 3.71. The van der Waals surface area contributed by atoms with Crippen LogP contribution in [0.15, 0.2) is 77.8 Å². The average molecular weight is 558 g/mol. The number of fused-ring (bicyclic) bond motifs is 1. The van der Waals surface area contributed by atoms with Gasteiger partial charge in [-0.05, 0) is 60.3 Å². The van der Waals surface area contributed by atoms with Crippen molar-refractivity contribution in [1.82, 2.24) is 9.47 Å². The second-order valence-corrected chi connectivity index (χ2v) is 10.3. The van der Waals surface area contributed by atoms with Gasteiger partial charge >= 0.3 is 0 Å². The number of rotatable bonds is 7. The lowest BCUT2D eigenvalue weighted by atomic mass is 10.1. The van der Waals surface area contributed by atoms with E-state index < -0.39 is 0 Å². The molecule has 2 amide bonds. The van der Waals surface area contributed by atoms with Crippen molar-refractivity contribution < 1.29 is 14.3 Å². The molecule has 0 aliphatic carbocycles. The van der Waals surface area contributed by atoms with Crippen LogP contribution in [-0.2, 0) is 11.3 Å². The van der Waals surface area contributed by atoms with Crippen LogP contribution in [0.4, 0.5) is 4.79 Å². The van der Waals surface area contributed by atoms with Gasteiger partial charge in [0, 0.05) is 43.3 Å². The lowest BCUT2D eigenvalue weighted by Gasteiger charge is -2.13. The van der Waals surface area contributed by atoms with Crippen LogP contribution in [0.25, 0.3) is 17.0 Å². The smallest absolute Gasteiger partial charge is 0.293 e. The number of amides is 2. The Morgan fingerprint density at radius 3 is 2.36 bits per heavy atom. The molecule has 3 aromatic carbocycles. The number of para-hydroxylation sites is 1. The summed E-state index contributed by atoms with van der Waals surface area (Å²) in [5.74, 6) is 0.282. The highest BCUT2D eigenvalue weighted by Gasteiger charge is 2.35. The number of imide groups is 1. The Labute approximate surface area is 227 Å². The molecular formula is C27H19Cl3N2O3S. The van der Waals surface area contributed by atoms with Crippen LogP contribution in [-0.4, -0.2) is 33.8 Å². The van der Waals surface area contributed by atoms with Crippen molar-refractivity contribution in [3.8, 4) is 5.75 Å². The number of thioether (sulfide) groups is 1. The maximum atomic E-state index is 13.0. The molecule has 0 atom stereocenters. The molecule has 5 rings (SSSR count). The summed E-state index contributed by atoms with van der Waals surface area (Å²) >= 11 is 19.6. The summed E-state index contributed by atoms with van der Waals surface area (Å²) in [5, 5.41) is 2.42. The highest BCUT2D eigenvalue weighted by atomic mass is 35.5. The van der Waals surface area contributed by atoms with Gasteiger partial charge in [-0.2, -0.15) is 0 Å². The van der Waals surface area contributed by atoms with Gasteiger partial charge in [0.2, 0.25) is 0 Å². The largest absolute Gasteiger partial charge is 0.492 e. The van der Waals surface area contributed by atoms with Crippen molar-refractivity contribution in [3.63, 3.8) is 0 Å². The Kier molecular flexibility index (Phi) is 7.30. The molecule has 0 bridgehead atoms. The van der Waals surface area contributed by atoms with Gasteiger partial charge in [-0.25, -0.2) is 0 Å². The van der Waals surface area contributed by atoms with E-state index in [0.29, 0.717) is 32.3 Å². The predicted octanol–water partition coefficient (Wildman–Crippen LogP) is 7.77. The van der Waals surface area contributed by atoms with Gasteiger partial charge in [0.25, 0.3) is 11.1 Å². The minimum atomic E-state index is -0.337. The number of ether oxygens (including phenoxy) is 1. The molecule has 1 saturated heterocycles. The van der Waals surface area contributed by atoms with E-state index in [0.717, 1.165) is 33.8 Å². The number of hydrogen-bond acceptors (Lipinski definition) is 4. The molecule has 0 spiro atoms. The zero-order chi connectivity index (χ0) is 25.2. The van der Waals surface area contributed by atoms with Gasteiger partial charge in [-0.1, -0.05) is 59.1 Å². The Morgan fingerprint density at radius 1 is 0.889 bits per heavy atom. The van der Waals surface area contributed by atoms with Crippen molar-refractivity contribution in [2.45, 2.75) is 6.54 Å². The first kappa shape index (κ1) is 24.8. The van der Waals surface area contributed by atoms with Crippen LogP contribution in [0.5, 0.6) is 5.75 Å². The Morgan fingerprint density at radius 2 is 1.61 bits per heavy atom. The van der Waals surface area contributed by atoms with E-state index in [1.165, 1.54) is 4.90 Å². The number of hydrogen-bond donors (Lipinski definition) is 0. The average Bonchev–Trinajstić information content (AvgIpc) is 3.34. The fraction of sp³-hybridized carbons (Fsp3) is 0.111. The third-order valence-corrected chi connectivity index (χ3v) is 7.63. The maximum absolute atomic E-state index is 13.0. The Balaban J connectivity index is 1.37. The number of benzene rings is 3. The molecule has 9 heteroatoms. The maximum Gasteiger partial charge on any atom is 0.293 e. The zero-order valence-electron chi connectivity index (χ0n) is 18.8. The second-order valence-electron chi connectivity index (χ2n) is 8.07. The molecule has 1 aliphatic rings. The van der Waals surface area contributed by atoms with Crippen LogP contribution in [0.3, 0.4) is 0 Å². The molecule has 1 fully saturated rings. The molecule has 2 heterocycles. The number of carbonyl (C=O) groups is 2. The van der Waals surface area contributed by atoms with Crippen LogP contribution in [0.1, 0.15) is 11.1 Å². The molecule has 1 aliphatic heterocycles. The predicted molar refractivity (Wildman–Crippen MR) is 147 cm³/mol. The van der Waals surface area contributed by atoms with Gasteiger partial charge in [0.05, 0.1) is 18.0 Å². The third-order valence-electron chi connectivity index (χ3n) is 5.77. The molecule has 0 radical (unpaired) electrons. The van der Waals surface area contributed by atoms with Crippen LogP contribution < -0.4 is 4.74 Å². The lowest BCUT2D eigenvalue weighted by Crippen LogP contribution is -2.32. The van der Waals surface area contributed by atoms with Crippen LogP contribution in [0.2, 0.25) is 15.1 Å². The molecule has 182 valence electrons. The van der Waals surface area contributed by atoms with Crippen LogP contribution >= 0.6 is 46.6 Å². The summed E-state index contributed by atoms with van der Waals surface area (Å²) in [6.45, 7) is 0.804. The van der Waals surface area contributed by atoms with E-state index in [1.54, 1.807) is 30.3 Å². The fourth-order valence-corrected chi connectivity index (χ4v) is 5.49. The minimum absolute atomic E-state index is 0.150. The Bertz CT molecular complexity index is 1480. The number of aromatic nitrogens is 1. The quantitative estimate of drug-likeness (QED) is 0.218. The molecule has 0 unspecified atom stereocenters. The molecule has 0 saturated carbocycles. The summed E-state index contributed by atoms with van der Waals surface area (Å²) in [4.78, 5) is 27.2. The first-order valence-corrected chi connectivity index (χ1v) is 13.0. The number of carbonyl (C=O) groups excluding carboxylic acids is 2. The first-order chi connectivity index (χ1) is 17.4. The second kappa shape index (κ2) is 10.6. The number of halogens is 3. The topological polar surface area (TPSA) is 51.5 Å². The summed E-state index contributed by atoms with van der Waals surface area (Å²) in [6, 6.07) is 20.2. The normalized spacial score (nSPS) is 14.9. The van der Waals surface area contributed by atoms with Crippen molar-refractivity contribution in [2.75, 3.05) is 13.2 Å². The fourth-order valence-electron chi connectivity index (χ4n) is 3.99. The number of nitrogens with zero attached hydrogens (tertiary/aromatic N) is 2. The molecule has 4 aromatic rings. The van der Waals surface area contributed by atoms with Crippen molar-refractivity contribution in [3.05, 3.63) is 104 Å². The Hall–Kier alpha value is -2.90. The van der Waals surface area contributed by atoms with Gasteiger partial charge in [0.1, 0.15) is 12.4 Å². The van der Waals surface area contributed by atoms with Crippen molar-refractivity contribution in [2.24, 2.45) is 0 Å². The van der Waals surface area contributed by atoms with E-state index in [9.17, 15) is 9.59 Å². The lowest BCUT2D eigenvalue weighted by molar-refractivity contribution is -0.123. The molecule has 5 nitrogen and oxygen atoms in total. The van der Waals surface area contributed by atoms with Gasteiger partial charge in [-0.3, -0.25) is 14.5 Å². The zero-order valence-corrected chi connectivity index (χ0v) is 21.9. The first-order valence-electron chi connectivity index (χ1n) is 11.1. The van der Waals surface area contributed by atoms with E-state index in [-0.39, 0.29) is 24.3 Å². The van der Waals surface area contributed by atoms with Gasteiger partial charge in [0.15, 0.2) is 0 Å². The van der Waals surface area contributed by atoms with E-state index in [4.69, 9.17) is 39.5 Å².